The molecule has 4 aromatic rings. The minimum absolute atomic E-state index is 0.297. The predicted octanol–water partition coefficient (Wildman–Crippen LogP) is 3.82. The number of ether oxygens (including phenoxy) is 1. The molecule has 0 spiro atoms. The van der Waals surface area contributed by atoms with E-state index in [1.165, 1.54) is 5.56 Å². The molecule has 1 aliphatic heterocycles. The van der Waals surface area contributed by atoms with Crippen molar-refractivity contribution in [1.29, 1.82) is 0 Å². The number of nitrogens with one attached hydrogen (secondary N) is 2. The smallest absolute Gasteiger partial charge is 0.252 e. The molecular formula is C28H34N6O3. The zero-order valence-corrected chi connectivity index (χ0v) is 22.0. The highest BCUT2D eigenvalue weighted by atomic mass is 16.5. The average molecular weight is 503 g/mol. The number of carbonyl (C=O) groups is 1. The number of aryl methyl sites for hydroxylation is 1. The first-order chi connectivity index (χ1) is 17.8. The van der Waals surface area contributed by atoms with E-state index in [2.05, 4.69) is 46.9 Å². The van der Waals surface area contributed by atoms with E-state index in [4.69, 9.17) is 14.7 Å². The molecule has 0 saturated carbocycles. The normalized spacial score (nSPS) is 19.7. The number of rotatable bonds is 6. The van der Waals surface area contributed by atoms with Gasteiger partial charge >= 0.3 is 0 Å². The maximum atomic E-state index is 12.9. The van der Waals surface area contributed by atoms with Crippen LogP contribution in [0.5, 0.6) is 0 Å². The van der Waals surface area contributed by atoms with Gasteiger partial charge in [0.2, 0.25) is 0 Å². The number of carbonyl (C=O) groups excluding carboxylic acids is 1. The van der Waals surface area contributed by atoms with E-state index < -0.39 is 17.6 Å². The number of aliphatic hydroxyl groups excluding tert-OH is 1. The lowest BCUT2D eigenvalue weighted by atomic mass is 9.82. The van der Waals surface area contributed by atoms with Gasteiger partial charge in [-0.1, -0.05) is 26.8 Å². The molecule has 1 aliphatic rings. The highest BCUT2D eigenvalue weighted by Crippen LogP contribution is 2.39. The second kappa shape index (κ2) is 9.72. The molecule has 5 rings (SSSR count). The number of nitrogens with zero attached hydrogens (tertiary/aromatic N) is 4. The fraction of sp³-hybridized carbons (Fsp3) is 0.429. The van der Waals surface area contributed by atoms with Crippen LogP contribution in [-0.2, 0) is 16.0 Å². The number of anilines is 1. The zero-order chi connectivity index (χ0) is 26.3. The van der Waals surface area contributed by atoms with Gasteiger partial charge in [0.15, 0.2) is 11.8 Å². The molecule has 1 aromatic carbocycles. The van der Waals surface area contributed by atoms with Crippen molar-refractivity contribution in [3.8, 4) is 11.1 Å². The molecule has 9 nitrogen and oxygen atoms in total. The molecule has 2 unspecified atom stereocenters. The van der Waals surface area contributed by atoms with Crippen LogP contribution >= 0.6 is 0 Å². The van der Waals surface area contributed by atoms with E-state index in [1.54, 1.807) is 0 Å². The molecule has 194 valence electrons. The molecule has 9 heteroatoms. The molecule has 0 aliphatic carbocycles. The summed E-state index contributed by atoms with van der Waals surface area (Å²) in [5, 5.41) is 21.9. The third-order valence-corrected chi connectivity index (χ3v) is 7.19. The van der Waals surface area contributed by atoms with Crippen molar-refractivity contribution < 1.29 is 14.6 Å². The standard InChI is InChI=1S/C28H34N6O3/c1-6-17-8-9-21-18(10-17)11-19(12-30-21)20-13-31-34-25(29-7-2)16(3)23(32-26(20)34)24-28(4,5)15-37-22(14-35)27(36)33-24/h8-13,22,24,29,35H,6-7,14-15H2,1-5H3,(H,33,36). The van der Waals surface area contributed by atoms with Crippen molar-refractivity contribution in [2.24, 2.45) is 5.41 Å². The van der Waals surface area contributed by atoms with Crippen LogP contribution < -0.4 is 10.6 Å². The number of aliphatic hydroxyl groups is 1. The highest BCUT2D eigenvalue weighted by Gasteiger charge is 2.41. The molecular weight excluding hydrogens is 468 g/mol. The van der Waals surface area contributed by atoms with Crippen LogP contribution in [0.25, 0.3) is 27.7 Å². The van der Waals surface area contributed by atoms with Crippen molar-refractivity contribution in [3.63, 3.8) is 0 Å². The largest absolute Gasteiger partial charge is 0.393 e. The second-order valence-corrected chi connectivity index (χ2v) is 10.3. The van der Waals surface area contributed by atoms with Crippen molar-refractivity contribution in [2.75, 3.05) is 25.1 Å². The topological polar surface area (TPSA) is 114 Å². The van der Waals surface area contributed by atoms with E-state index in [0.29, 0.717) is 18.8 Å². The summed E-state index contributed by atoms with van der Waals surface area (Å²) >= 11 is 0. The lowest BCUT2D eigenvalue weighted by Gasteiger charge is -2.33. The maximum Gasteiger partial charge on any atom is 0.252 e. The molecule has 4 heterocycles. The predicted molar refractivity (Wildman–Crippen MR) is 143 cm³/mol. The van der Waals surface area contributed by atoms with Gasteiger partial charge in [0.1, 0.15) is 5.82 Å². The number of aromatic nitrogens is 4. The first kappa shape index (κ1) is 25.1. The van der Waals surface area contributed by atoms with Gasteiger partial charge in [-0.3, -0.25) is 9.78 Å². The molecule has 1 saturated heterocycles. The third-order valence-electron chi connectivity index (χ3n) is 7.19. The first-order valence-electron chi connectivity index (χ1n) is 12.8. The first-order valence-corrected chi connectivity index (χ1v) is 12.8. The molecule has 37 heavy (non-hydrogen) atoms. The summed E-state index contributed by atoms with van der Waals surface area (Å²) in [6, 6.07) is 8.03. The Balaban J connectivity index is 1.70. The second-order valence-electron chi connectivity index (χ2n) is 10.3. The SMILES string of the molecule is CCNc1c(C)c(C2NC(=O)C(CO)OCC2(C)C)nc2c(-c3cnc4ccc(CC)cc4c3)cnn12. The molecule has 1 fully saturated rings. The third kappa shape index (κ3) is 4.42. The molecule has 0 bridgehead atoms. The Morgan fingerprint density at radius 2 is 2.05 bits per heavy atom. The van der Waals surface area contributed by atoms with Gasteiger partial charge in [0, 0.05) is 40.2 Å². The average Bonchev–Trinajstić information content (AvgIpc) is 3.27. The number of benzene rings is 1. The van der Waals surface area contributed by atoms with Crippen LogP contribution in [0.4, 0.5) is 5.82 Å². The molecule has 3 N–H and O–H groups in total. The lowest BCUT2D eigenvalue weighted by Crippen LogP contribution is -2.41. The minimum atomic E-state index is -0.899. The number of fused-ring (bicyclic) bond motifs is 2. The fourth-order valence-electron chi connectivity index (χ4n) is 4.98. The van der Waals surface area contributed by atoms with E-state index in [1.807, 2.05) is 44.6 Å². The van der Waals surface area contributed by atoms with Crippen LogP contribution in [0.2, 0.25) is 0 Å². The van der Waals surface area contributed by atoms with Crippen LogP contribution in [0.3, 0.4) is 0 Å². The maximum absolute atomic E-state index is 12.9. The van der Waals surface area contributed by atoms with Gasteiger partial charge in [0.05, 0.1) is 36.7 Å². The van der Waals surface area contributed by atoms with E-state index in [-0.39, 0.29) is 12.5 Å². The fourth-order valence-corrected chi connectivity index (χ4v) is 4.98. The molecule has 3 aromatic heterocycles. The van der Waals surface area contributed by atoms with Crippen LogP contribution in [0.15, 0.2) is 36.7 Å². The van der Waals surface area contributed by atoms with Crippen molar-refractivity contribution in [2.45, 2.75) is 53.2 Å². The minimum Gasteiger partial charge on any atom is -0.393 e. The lowest BCUT2D eigenvalue weighted by molar-refractivity contribution is -0.133. The van der Waals surface area contributed by atoms with Gasteiger partial charge in [0.25, 0.3) is 5.91 Å². The van der Waals surface area contributed by atoms with Crippen molar-refractivity contribution in [1.82, 2.24) is 24.9 Å². The van der Waals surface area contributed by atoms with E-state index in [0.717, 1.165) is 45.5 Å². The van der Waals surface area contributed by atoms with Gasteiger partial charge in [-0.15, -0.1) is 0 Å². The van der Waals surface area contributed by atoms with Gasteiger partial charge in [-0.2, -0.15) is 9.61 Å². The van der Waals surface area contributed by atoms with Crippen LogP contribution in [0, 0.1) is 12.3 Å². The number of hydrogen-bond donors (Lipinski definition) is 3. The van der Waals surface area contributed by atoms with Gasteiger partial charge in [-0.05, 0) is 44.0 Å². The summed E-state index contributed by atoms with van der Waals surface area (Å²) in [6.45, 7) is 10.9. The zero-order valence-electron chi connectivity index (χ0n) is 22.0. The quantitative estimate of drug-likeness (QED) is 0.367. The van der Waals surface area contributed by atoms with Crippen molar-refractivity contribution >= 4 is 28.3 Å². The summed E-state index contributed by atoms with van der Waals surface area (Å²) in [5.41, 5.74) is 5.83. The van der Waals surface area contributed by atoms with Gasteiger partial charge < -0.3 is 20.5 Å². The van der Waals surface area contributed by atoms with Crippen LogP contribution in [0.1, 0.15) is 50.6 Å². The molecule has 2 atom stereocenters. The van der Waals surface area contributed by atoms with E-state index in [9.17, 15) is 9.90 Å². The Kier molecular flexibility index (Phi) is 6.59. The number of amides is 1. The molecule has 1 amide bonds. The summed E-state index contributed by atoms with van der Waals surface area (Å²) in [4.78, 5) is 22.7. The molecule has 0 radical (unpaired) electrons. The Hall–Kier alpha value is -3.56. The Morgan fingerprint density at radius 3 is 2.78 bits per heavy atom. The Bertz CT molecular complexity index is 1480. The number of hydrogen-bond acceptors (Lipinski definition) is 7. The summed E-state index contributed by atoms with van der Waals surface area (Å²) in [6.07, 6.45) is 3.73. The Morgan fingerprint density at radius 1 is 1.24 bits per heavy atom. The number of pyridine rings is 1. The monoisotopic (exact) mass is 502 g/mol. The summed E-state index contributed by atoms with van der Waals surface area (Å²) in [7, 11) is 0. The highest BCUT2D eigenvalue weighted by molar-refractivity contribution is 5.87. The summed E-state index contributed by atoms with van der Waals surface area (Å²) < 4.78 is 7.57. The van der Waals surface area contributed by atoms with Crippen LogP contribution in [-0.4, -0.2) is 56.5 Å². The Labute approximate surface area is 216 Å². The van der Waals surface area contributed by atoms with Gasteiger partial charge in [-0.25, -0.2) is 4.98 Å². The van der Waals surface area contributed by atoms with Crippen molar-refractivity contribution in [3.05, 3.63) is 53.5 Å². The summed E-state index contributed by atoms with van der Waals surface area (Å²) in [5.74, 6) is 0.480. The van der Waals surface area contributed by atoms with E-state index >= 15 is 0 Å².